The molecule has 0 saturated heterocycles. The van der Waals surface area contributed by atoms with Crippen LogP contribution in [-0.2, 0) is 0 Å². The minimum Gasteiger partial charge on any atom is -0.463 e. The Balaban J connectivity index is 2.78. The summed E-state index contributed by atoms with van der Waals surface area (Å²) in [6, 6.07) is 2.04. The Hall–Kier alpha value is -2.51. The number of hydrogen-bond donors (Lipinski definition) is 1. The van der Waals surface area contributed by atoms with Gasteiger partial charge in [0.15, 0.2) is 0 Å². The summed E-state index contributed by atoms with van der Waals surface area (Å²) in [5.41, 5.74) is -0.743. The fourth-order valence-corrected chi connectivity index (χ4v) is 1.35. The number of carboxylic acid groups (broad SMARTS) is 1. The molecule has 2 aromatic rings. The minimum atomic E-state index is -1.39. The van der Waals surface area contributed by atoms with E-state index >= 15 is 0 Å². The number of nitro groups is 1. The van der Waals surface area contributed by atoms with E-state index in [4.69, 9.17) is 5.11 Å². The lowest BCUT2D eigenvalue weighted by molar-refractivity contribution is -0.387. The van der Waals surface area contributed by atoms with Crippen molar-refractivity contribution in [3.8, 4) is 0 Å². The molecule has 0 aliphatic heterocycles. The molecule has 1 heterocycles. The Morgan fingerprint density at radius 1 is 1.56 bits per heavy atom. The number of nitrogens with zero attached hydrogens (tertiary/aromatic N) is 3. The highest BCUT2D eigenvalue weighted by atomic mass is 19.1. The van der Waals surface area contributed by atoms with Gasteiger partial charge in [-0.25, -0.2) is 4.79 Å². The van der Waals surface area contributed by atoms with Crippen LogP contribution in [0.2, 0.25) is 0 Å². The predicted molar refractivity (Wildman–Crippen MR) is 49.8 cm³/mol. The van der Waals surface area contributed by atoms with E-state index in [1.54, 1.807) is 0 Å². The maximum Gasteiger partial charge on any atom is 0.432 e. The molecule has 0 fully saturated rings. The molecule has 0 aliphatic carbocycles. The molecule has 1 aromatic carbocycles. The summed E-state index contributed by atoms with van der Waals surface area (Å²) in [6.45, 7) is 0. The van der Waals surface area contributed by atoms with Crippen LogP contribution in [0.1, 0.15) is 0 Å². The molecule has 7 nitrogen and oxygen atoms in total. The molecule has 2 rings (SSSR count). The van der Waals surface area contributed by atoms with Crippen molar-refractivity contribution in [3.63, 3.8) is 0 Å². The van der Waals surface area contributed by atoms with Crippen LogP contribution in [0.5, 0.6) is 0 Å². The normalized spacial score (nSPS) is 10.6. The standard InChI is InChI=1S/C8H4FN3O4/c9-7-4-3-10-11(8(13)14)5(4)1-2-6(7)12(15)16/h1-3H,(H,13,14). The third-order valence-electron chi connectivity index (χ3n) is 2.04. The van der Waals surface area contributed by atoms with Crippen LogP contribution in [0.4, 0.5) is 14.9 Å². The Morgan fingerprint density at radius 2 is 2.25 bits per heavy atom. The number of halogens is 1. The molecule has 0 spiro atoms. The molecule has 0 saturated carbocycles. The van der Waals surface area contributed by atoms with Gasteiger partial charge in [-0.2, -0.15) is 14.2 Å². The van der Waals surface area contributed by atoms with Gasteiger partial charge in [-0.1, -0.05) is 0 Å². The van der Waals surface area contributed by atoms with Crippen LogP contribution in [0.25, 0.3) is 10.9 Å². The summed E-state index contributed by atoms with van der Waals surface area (Å²) in [5.74, 6) is -1.09. The number of aromatic nitrogens is 2. The van der Waals surface area contributed by atoms with Crippen molar-refractivity contribution in [2.45, 2.75) is 0 Å². The molecule has 0 unspecified atom stereocenters. The van der Waals surface area contributed by atoms with Crippen molar-refractivity contribution in [1.29, 1.82) is 0 Å². The highest BCUT2D eigenvalue weighted by Crippen LogP contribution is 2.25. The molecule has 0 radical (unpaired) electrons. The quantitative estimate of drug-likeness (QED) is 0.587. The van der Waals surface area contributed by atoms with Gasteiger partial charge in [0, 0.05) is 6.07 Å². The number of benzene rings is 1. The van der Waals surface area contributed by atoms with Crippen molar-refractivity contribution in [1.82, 2.24) is 9.78 Å². The molecular formula is C8H4FN3O4. The van der Waals surface area contributed by atoms with Crippen molar-refractivity contribution in [3.05, 3.63) is 34.3 Å². The Kier molecular flexibility index (Phi) is 2.04. The average Bonchev–Trinajstić information content (AvgIpc) is 2.61. The monoisotopic (exact) mass is 225 g/mol. The van der Waals surface area contributed by atoms with Crippen molar-refractivity contribution in [2.75, 3.05) is 0 Å². The van der Waals surface area contributed by atoms with E-state index in [-0.39, 0.29) is 10.9 Å². The Morgan fingerprint density at radius 3 is 2.81 bits per heavy atom. The average molecular weight is 225 g/mol. The first-order valence-corrected chi connectivity index (χ1v) is 4.06. The lowest BCUT2D eigenvalue weighted by atomic mass is 10.2. The van der Waals surface area contributed by atoms with Crippen LogP contribution in [-0.4, -0.2) is 25.9 Å². The maximum atomic E-state index is 13.5. The fraction of sp³-hybridized carbons (Fsp3) is 0. The molecule has 0 amide bonds. The summed E-state index contributed by atoms with van der Waals surface area (Å²) in [5, 5.41) is 22.3. The van der Waals surface area contributed by atoms with Crippen LogP contribution in [0.3, 0.4) is 0 Å². The lowest BCUT2D eigenvalue weighted by Gasteiger charge is -1.97. The Labute approximate surface area is 86.9 Å². The summed E-state index contributed by atoms with van der Waals surface area (Å²) in [7, 11) is 0. The van der Waals surface area contributed by atoms with E-state index in [1.165, 1.54) is 0 Å². The molecular weight excluding hydrogens is 221 g/mol. The SMILES string of the molecule is O=C(O)n1ncc2c(F)c([N+](=O)[O-])ccc21. The lowest BCUT2D eigenvalue weighted by Crippen LogP contribution is -2.09. The molecule has 1 N–H and O–H groups in total. The number of rotatable bonds is 1. The first kappa shape index (κ1) is 10.0. The van der Waals surface area contributed by atoms with E-state index in [0.29, 0.717) is 4.68 Å². The highest BCUT2D eigenvalue weighted by Gasteiger charge is 2.20. The van der Waals surface area contributed by atoms with Gasteiger partial charge in [-0.3, -0.25) is 10.1 Å². The molecule has 1 aromatic heterocycles. The second kappa shape index (κ2) is 3.26. The zero-order chi connectivity index (χ0) is 11.9. The summed E-state index contributed by atoms with van der Waals surface area (Å²) in [6.07, 6.45) is -0.450. The largest absolute Gasteiger partial charge is 0.463 e. The van der Waals surface area contributed by atoms with E-state index in [0.717, 1.165) is 18.3 Å². The number of carbonyl (C=O) groups is 1. The third-order valence-corrected chi connectivity index (χ3v) is 2.04. The summed E-state index contributed by atoms with van der Waals surface area (Å²) < 4.78 is 14.1. The van der Waals surface area contributed by atoms with Crippen molar-refractivity contribution >= 4 is 22.7 Å². The molecule has 8 heteroatoms. The van der Waals surface area contributed by atoms with Gasteiger partial charge < -0.3 is 5.11 Å². The van der Waals surface area contributed by atoms with Crippen LogP contribution >= 0.6 is 0 Å². The first-order chi connectivity index (χ1) is 7.52. The zero-order valence-corrected chi connectivity index (χ0v) is 7.62. The molecule has 16 heavy (non-hydrogen) atoms. The smallest absolute Gasteiger partial charge is 0.432 e. The Bertz CT molecular complexity index is 607. The first-order valence-electron chi connectivity index (χ1n) is 4.06. The highest BCUT2D eigenvalue weighted by molar-refractivity contribution is 5.88. The molecule has 0 atom stereocenters. The maximum absolute atomic E-state index is 13.5. The number of nitro benzene ring substituents is 1. The zero-order valence-electron chi connectivity index (χ0n) is 7.62. The summed E-state index contributed by atoms with van der Waals surface area (Å²) in [4.78, 5) is 20.2. The third kappa shape index (κ3) is 1.28. The number of fused-ring (bicyclic) bond motifs is 1. The van der Waals surface area contributed by atoms with E-state index in [9.17, 15) is 19.3 Å². The van der Waals surface area contributed by atoms with Crippen molar-refractivity contribution in [2.24, 2.45) is 0 Å². The second-order valence-electron chi connectivity index (χ2n) is 2.93. The van der Waals surface area contributed by atoms with Gasteiger partial charge >= 0.3 is 11.8 Å². The number of hydrogen-bond acceptors (Lipinski definition) is 4. The second-order valence-corrected chi connectivity index (χ2v) is 2.93. The minimum absolute atomic E-state index is 0.0319. The van der Waals surface area contributed by atoms with Gasteiger partial charge in [0.05, 0.1) is 22.0 Å². The van der Waals surface area contributed by atoms with E-state index in [2.05, 4.69) is 5.10 Å². The van der Waals surface area contributed by atoms with Gasteiger partial charge in [0.1, 0.15) is 0 Å². The molecule has 0 aliphatic rings. The van der Waals surface area contributed by atoms with Crippen molar-refractivity contribution < 1.29 is 19.2 Å². The van der Waals surface area contributed by atoms with Gasteiger partial charge in [-0.15, -0.1) is 0 Å². The van der Waals surface area contributed by atoms with Crippen LogP contribution in [0.15, 0.2) is 18.3 Å². The van der Waals surface area contributed by atoms with Gasteiger partial charge in [0.25, 0.3) is 0 Å². The van der Waals surface area contributed by atoms with Gasteiger partial charge in [-0.05, 0) is 6.07 Å². The summed E-state index contributed by atoms with van der Waals surface area (Å²) >= 11 is 0. The molecule has 0 bridgehead atoms. The van der Waals surface area contributed by atoms with Crippen LogP contribution < -0.4 is 0 Å². The van der Waals surface area contributed by atoms with Crippen LogP contribution in [0, 0.1) is 15.9 Å². The fourth-order valence-electron chi connectivity index (χ4n) is 1.35. The van der Waals surface area contributed by atoms with E-state index in [1.807, 2.05) is 0 Å². The topological polar surface area (TPSA) is 98.3 Å². The molecule has 82 valence electrons. The predicted octanol–water partition coefficient (Wildman–Crippen LogP) is 1.61. The van der Waals surface area contributed by atoms with E-state index < -0.39 is 22.5 Å². The van der Waals surface area contributed by atoms with Gasteiger partial charge in [0.2, 0.25) is 5.82 Å².